The third kappa shape index (κ3) is 3.44. The van der Waals surface area contributed by atoms with Crippen LogP contribution in [0.4, 0.5) is 0 Å². The van der Waals surface area contributed by atoms with E-state index in [0.29, 0.717) is 37.7 Å². The van der Waals surface area contributed by atoms with Gasteiger partial charge < -0.3 is 19.0 Å². The molecule has 154 valence electrons. The molecule has 0 bridgehead atoms. The lowest BCUT2D eigenvalue weighted by Crippen LogP contribution is -2.51. The molecule has 5 rings (SSSR count). The van der Waals surface area contributed by atoms with Crippen molar-refractivity contribution >= 4 is 54.8 Å². The molecule has 0 saturated carbocycles. The van der Waals surface area contributed by atoms with E-state index in [0.717, 1.165) is 25.3 Å². The van der Waals surface area contributed by atoms with E-state index in [1.165, 1.54) is 6.26 Å². The molecule has 2 amide bonds. The lowest BCUT2D eigenvalue weighted by molar-refractivity contribution is -0.134. The van der Waals surface area contributed by atoms with Gasteiger partial charge >= 0.3 is 0 Å². The van der Waals surface area contributed by atoms with Crippen LogP contribution in [0.15, 0.2) is 40.3 Å². The summed E-state index contributed by atoms with van der Waals surface area (Å²) in [5.74, 6) is 0.814. The molecule has 1 aromatic carbocycles. The molecular formula is C21H19N3O4S2. The fraction of sp³-hybridized carbons (Fsp3) is 0.286. The van der Waals surface area contributed by atoms with Crippen LogP contribution in [0.5, 0.6) is 5.75 Å². The van der Waals surface area contributed by atoms with Crippen molar-refractivity contribution in [3.8, 4) is 5.75 Å². The molecule has 1 fully saturated rings. The Morgan fingerprint density at radius 1 is 1.20 bits per heavy atom. The number of furan rings is 1. The maximum absolute atomic E-state index is 12.7. The number of thiophene rings is 1. The quantitative estimate of drug-likeness (QED) is 0.482. The Morgan fingerprint density at radius 3 is 2.77 bits per heavy atom. The zero-order chi connectivity index (χ0) is 20.7. The number of thiazole rings is 1. The van der Waals surface area contributed by atoms with Crippen molar-refractivity contribution in [2.24, 2.45) is 0 Å². The summed E-state index contributed by atoms with van der Waals surface area (Å²) < 4.78 is 13.3. The number of rotatable bonds is 4. The number of hydrogen-bond donors (Lipinski definition) is 0. The molecule has 7 nitrogen and oxygen atoms in total. The van der Waals surface area contributed by atoms with E-state index in [1.807, 2.05) is 24.4 Å². The topological polar surface area (TPSA) is 75.9 Å². The van der Waals surface area contributed by atoms with Gasteiger partial charge in [0.25, 0.3) is 11.8 Å². The van der Waals surface area contributed by atoms with Crippen LogP contribution in [-0.4, -0.2) is 59.4 Å². The molecule has 3 aromatic heterocycles. The molecule has 1 aliphatic rings. The van der Waals surface area contributed by atoms with Crippen LogP contribution >= 0.6 is 22.7 Å². The van der Waals surface area contributed by atoms with Gasteiger partial charge in [-0.15, -0.1) is 22.7 Å². The van der Waals surface area contributed by atoms with E-state index in [4.69, 9.17) is 9.15 Å². The van der Waals surface area contributed by atoms with Crippen LogP contribution in [0.1, 0.15) is 15.6 Å². The van der Waals surface area contributed by atoms with E-state index in [1.54, 1.807) is 44.6 Å². The molecule has 9 heteroatoms. The number of ether oxygens (including phenoxy) is 1. The van der Waals surface area contributed by atoms with Crippen molar-refractivity contribution in [2.45, 2.75) is 6.92 Å². The fourth-order valence-electron chi connectivity index (χ4n) is 3.65. The summed E-state index contributed by atoms with van der Waals surface area (Å²) in [6, 6.07) is 7.33. The van der Waals surface area contributed by atoms with Crippen LogP contribution < -0.4 is 4.74 Å². The third-order valence-electron chi connectivity index (χ3n) is 5.17. The summed E-state index contributed by atoms with van der Waals surface area (Å²) in [6.45, 7) is 3.88. The Bertz CT molecular complexity index is 1220. The number of carbonyl (C=O) groups is 2. The Balaban J connectivity index is 1.23. The first-order chi connectivity index (χ1) is 14.6. The molecule has 1 saturated heterocycles. The number of hydrogen-bond acceptors (Lipinski definition) is 7. The second-order valence-electron chi connectivity index (χ2n) is 7.06. The molecule has 0 unspecified atom stereocenters. The minimum Gasteiger partial charge on any atom is -0.483 e. The summed E-state index contributed by atoms with van der Waals surface area (Å²) in [5.41, 5.74) is 0.999. The van der Waals surface area contributed by atoms with Crippen LogP contribution in [0.2, 0.25) is 0 Å². The van der Waals surface area contributed by atoms with Gasteiger partial charge in [0.05, 0.1) is 26.2 Å². The van der Waals surface area contributed by atoms with E-state index in [9.17, 15) is 9.59 Å². The van der Waals surface area contributed by atoms with Crippen LogP contribution in [-0.2, 0) is 4.79 Å². The summed E-state index contributed by atoms with van der Waals surface area (Å²) in [7, 11) is 0. The van der Waals surface area contributed by atoms with Crippen molar-refractivity contribution in [3.63, 3.8) is 0 Å². The number of carbonyl (C=O) groups excluding carboxylic acids is 2. The Morgan fingerprint density at radius 2 is 2.00 bits per heavy atom. The smallest absolute Gasteiger partial charge is 0.289 e. The lowest BCUT2D eigenvalue weighted by atomic mass is 10.2. The number of nitrogens with zero attached hydrogens (tertiary/aromatic N) is 3. The Kier molecular flexibility index (Phi) is 4.92. The molecule has 4 heterocycles. The van der Waals surface area contributed by atoms with Gasteiger partial charge in [0.15, 0.2) is 12.4 Å². The second-order valence-corrected chi connectivity index (χ2v) is 9.21. The molecule has 1 aliphatic heterocycles. The highest BCUT2D eigenvalue weighted by molar-refractivity contribution is 7.21. The van der Waals surface area contributed by atoms with Gasteiger partial charge in [-0.2, -0.15) is 0 Å². The zero-order valence-electron chi connectivity index (χ0n) is 16.3. The maximum atomic E-state index is 12.7. The van der Waals surface area contributed by atoms with Crippen molar-refractivity contribution < 1.29 is 18.7 Å². The zero-order valence-corrected chi connectivity index (χ0v) is 17.9. The Labute approximate surface area is 180 Å². The number of benzene rings is 1. The summed E-state index contributed by atoms with van der Waals surface area (Å²) in [4.78, 5) is 33.1. The minimum absolute atomic E-state index is 0.0274. The first-order valence-electron chi connectivity index (χ1n) is 9.61. The van der Waals surface area contributed by atoms with Gasteiger partial charge in [-0.05, 0) is 30.5 Å². The van der Waals surface area contributed by atoms with Crippen LogP contribution in [0, 0.1) is 6.92 Å². The SMILES string of the molecule is Cc1nc2c(cc(OCC(=O)N3CCN(C(=O)c4ccco4)CC3)c3ccsc32)s1. The highest BCUT2D eigenvalue weighted by Gasteiger charge is 2.26. The average Bonchev–Trinajstić information content (AvgIpc) is 3.51. The predicted octanol–water partition coefficient (Wildman–Crippen LogP) is 3.78. The molecule has 0 radical (unpaired) electrons. The molecular weight excluding hydrogens is 422 g/mol. The van der Waals surface area contributed by atoms with E-state index in [2.05, 4.69) is 4.98 Å². The highest BCUT2D eigenvalue weighted by Crippen LogP contribution is 2.38. The van der Waals surface area contributed by atoms with E-state index >= 15 is 0 Å². The largest absolute Gasteiger partial charge is 0.483 e. The minimum atomic E-state index is -0.142. The lowest BCUT2D eigenvalue weighted by Gasteiger charge is -2.34. The predicted molar refractivity (Wildman–Crippen MR) is 116 cm³/mol. The van der Waals surface area contributed by atoms with Gasteiger partial charge in [-0.25, -0.2) is 4.98 Å². The van der Waals surface area contributed by atoms with Gasteiger partial charge in [-0.1, -0.05) is 0 Å². The third-order valence-corrected chi connectivity index (χ3v) is 7.01. The highest BCUT2D eigenvalue weighted by atomic mass is 32.1. The number of fused-ring (bicyclic) bond motifs is 3. The van der Waals surface area contributed by atoms with Crippen LogP contribution in [0.3, 0.4) is 0 Å². The van der Waals surface area contributed by atoms with Crippen molar-refractivity contribution in [1.82, 2.24) is 14.8 Å². The van der Waals surface area contributed by atoms with Gasteiger partial charge in [0.1, 0.15) is 5.75 Å². The average molecular weight is 442 g/mol. The molecule has 0 N–H and O–H groups in total. The Hall–Kier alpha value is -2.91. The standard InChI is InChI=1S/C21H19N3O4S2/c1-13-22-19-17(30-13)11-16(14-4-10-29-20(14)19)28-12-18(25)23-5-7-24(8-6-23)21(26)15-3-2-9-27-15/h2-4,9-11H,5-8,12H2,1H3. The molecule has 0 aliphatic carbocycles. The fourth-order valence-corrected chi connectivity index (χ4v) is 5.49. The summed E-state index contributed by atoms with van der Waals surface area (Å²) in [5, 5.41) is 4.01. The monoisotopic (exact) mass is 441 g/mol. The van der Waals surface area contributed by atoms with Crippen molar-refractivity contribution in [3.05, 3.63) is 46.7 Å². The number of aromatic nitrogens is 1. The molecule has 30 heavy (non-hydrogen) atoms. The molecule has 0 spiro atoms. The number of aryl methyl sites for hydroxylation is 1. The molecule has 4 aromatic rings. The first kappa shape index (κ1) is 19.1. The van der Waals surface area contributed by atoms with Gasteiger partial charge in [-0.3, -0.25) is 9.59 Å². The number of amides is 2. The first-order valence-corrected chi connectivity index (χ1v) is 11.3. The van der Waals surface area contributed by atoms with Gasteiger partial charge in [0.2, 0.25) is 0 Å². The van der Waals surface area contributed by atoms with Crippen molar-refractivity contribution in [2.75, 3.05) is 32.8 Å². The maximum Gasteiger partial charge on any atom is 0.289 e. The van der Waals surface area contributed by atoms with E-state index < -0.39 is 0 Å². The van der Waals surface area contributed by atoms with Crippen LogP contribution in [0.25, 0.3) is 20.3 Å². The normalized spacial score (nSPS) is 14.6. The summed E-state index contributed by atoms with van der Waals surface area (Å²) in [6.07, 6.45) is 1.49. The second kappa shape index (κ2) is 7.73. The van der Waals surface area contributed by atoms with E-state index in [-0.39, 0.29) is 18.4 Å². The summed E-state index contributed by atoms with van der Waals surface area (Å²) >= 11 is 3.26. The van der Waals surface area contributed by atoms with Gasteiger partial charge in [0, 0.05) is 37.6 Å². The number of piperazine rings is 1. The molecule has 0 atom stereocenters. The van der Waals surface area contributed by atoms with Crippen molar-refractivity contribution in [1.29, 1.82) is 0 Å².